The van der Waals surface area contributed by atoms with Gasteiger partial charge in [-0.3, -0.25) is 4.79 Å². The molecule has 0 fully saturated rings. The summed E-state index contributed by atoms with van der Waals surface area (Å²) in [5, 5.41) is 11.2. The summed E-state index contributed by atoms with van der Waals surface area (Å²) in [5.74, 6) is -1.02. The van der Waals surface area contributed by atoms with E-state index in [2.05, 4.69) is 84.3 Å². The highest BCUT2D eigenvalue weighted by Crippen LogP contribution is 2.38. The Labute approximate surface area is 250 Å². The number of benzene rings is 3. The minimum Gasteiger partial charge on any atom is -0.481 e. The van der Waals surface area contributed by atoms with Gasteiger partial charge < -0.3 is 9.67 Å². The van der Waals surface area contributed by atoms with Gasteiger partial charge in [0.1, 0.15) is 4.99 Å². The summed E-state index contributed by atoms with van der Waals surface area (Å²) in [5.41, 5.74) is 8.77. The molecule has 1 aliphatic rings. The van der Waals surface area contributed by atoms with Gasteiger partial charge >= 0.3 is 5.97 Å². The van der Waals surface area contributed by atoms with Crippen molar-refractivity contribution < 1.29 is 9.90 Å². The number of rotatable bonds is 13. The molecule has 0 spiro atoms. The lowest BCUT2D eigenvalue weighted by Crippen LogP contribution is -2.24. The van der Waals surface area contributed by atoms with Crippen molar-refractivity contribution in [3.05, 3.63) is 106 Å². The van der Waals surface area contributed by atoms with Gasteiger partial charge in [0.2, 0.25) is 0 Å². The maximum Gasteiger partial charge on any atom is 0.306 e. The molecular weight excluding hydrogens is 522 g/mol. The first-order valence-corrected chi connectivity index (χ1v) is 16.0. The maximum absolute atomic E-state index is 12.1. The van der Waals surface area contributed by atoms with Crippen LogP contribution in [0, 0.1) is 5.92 Å². The highest BCUT2D eigenvalue weighted by Gasteiger charge is 2.31. The molecule has 0 amide bonds. The van der Waals surface area contributed by atoms with Gasteiger partial charge in [-0.1, -0.05) is 112 Å². The number of hydrogen-bond acceptors (Lipinski definition) is 2. The molecule has 0 bridgehead atoms. The minimum atomic E-state index is -0.685. The summed E-state index contributed by atoms with van der Waals surface area (Å²) in [6, 6.07) is 25.9. The lowest BCUT2D eigenvalue weighted by atomic mass is 9.85. The third kappa shape index (κ3) is 6.81. The zero-order valence-electron chi connectivity index (χ0n) is 24.4. The normalized spacial score (nSPS) is 14.7. The fourth-order valence-corrected chi connectivity index (χ4v) is 7.02. The Kier molecular flexibility index (Phi) is 10.1. The topological polar surface area (TPSA) is 42.2 Å². The fraction of sp³-hybridized carbons (Fsp3) is 0.405. The average Bonchev–Trinajstić information content (AvgIpc) is 3.34. The first kappa shape index (κ1) is 29.3. The minimum absolute atomic E-state index is 0.333. The second-order valence-electron chi connectivity index (χ2n) is 11.7. The molecule has 1 aromatic heterocycles. The van der Waals surface area contributed by atoms with Crippen molar-refractivity contribution in [2.45, 2.75) is 90.4 Å². The molecule has 1 N–H and O–H groups in total. The molecule has 4 aromatic rings. The Balaban J connectivity index is 1.44. The van der Waals surface area contributed by atoms with E-state index in [0.29, 0.717) is 12.8 Å². The Bertz CT molecular complexity index is 1490. The van der Waals surface area contributed by atoms with Crippen LogP contribution >= 0.6 is 12.2 Å². The van der Waals surface area contributed by atoms with Crippen molar-refractivity contribution >= 4 is 34.1 Å². The van der Waals surface area contributed by atoms with Crippen molar-refractivity contribution in [1.29, 1.82) is 0 Å². The summed E-state index contributed by atoms with van der Waals surface area (Å²) in [6.45, 7) is 2.25. The number of thiocarbonyl (C=S) groups is 1. The van der Waals surface area contributed by atoms with Crippen LogP contribution in [0.1, 0.15) is 91.8 Å². The van der Waals surface area contributed by atoms with E-state index in [-0.39, 0.29) is 5.92 Å². The molecule has 1 atom stereocenters. The average molecular weight is 566 g/mol. The number of hydrogen-bond donors (Lipinski definition) is 1. The van der Waals surface area contributed by atoms with Crippen LogP contribution in [-0.2, 0) is 36.9 Å². The van der Waals surface area contributed by atoms with E-state index in [1.807, 2.05) is 0 Å². The highest BCUT2D eigenvalue weighted by molar-refractivity contribution is 7.80. The second kappa shape index (κ2) is 14.1. The van der Waals surface area contributed by atoms with Crippen LogP contribution < -0.4 is 0 Å². The van der Waals surface area contributed by atoms with Gasteiger partial charge in [0.25, 0.3) is 0 Å². The van der Waals surface area contributed by atoms with Gasteiger partial charge in [0.15, 0.2) is 0 Å². The van der Waals surface area contributed by atoms with E-state index < -0.39 is 5.97 Å². The number of aromatic nitrogens is 1. The van der Waals surface area contributed by atoms with E-state index in [1.54, 1.807) is 0 Å². The molecule has 5 rings (SSSR count). The van der Waals surface area contributed by atoms with Gasteiger partial charge in [-0.25, -0.2) is 0 Å². The van der Waals surface area contributed by atoms with Crippen LogP contribution in [0.15, 0.2) is 72.8 Å². The predicted octanol–water partition coefficient (Wildman–Crippen LogP) is 9.13. The Morgan fingerprint density at radius 1 is 0.829 bits per heavy atom. The molecule has 0 radical (unpaired) electrons. The molecule has 41 heavy (non-hydrogen) atoms. The first-order chi connectivity index (χ1) is 20.1. The molecule has 1 unspecified atom stereocenters. The van der Waals surface area contributed by atoms with E-state index in [4.69, 9.17) is 12.2 Å². The number of aryl methyl sites for hydroxylation is 3. The van der Waals surface area contributed by atoms with Crippen molar-refractivity contribution in [3.63, 3.8) is 0 Å². The van der Waals surface area contributed by atoms with Crippen molar-refractivity contribution in [2.24, 2.45) is 5.92 Å². The fourth-order valence-electron chi connectivity index (χ4n) is 6.61. The Morgan fingerprint density at radius 3 is 2.29 bits per heavy atom. The molecule has 0 aliphatic heterocycles. The van der Waals surface area contributed by atoms with Gasteiger partial charge in [0.05, 0.1) is 11.4 Å². The Morgan fingerprint density at radius 2 is 1.51 bits per heavy atom. The largest absolute Gasteiger partial charge is 0.481 e. The van der Waals surface area contributed by atoms with Crippen LogP contribution in [0.25, 0.3) is 10.9 Å². The smallest absolute Gasteiger partial charge is 0.306 e. The number of nitrogens with zero attached hydrogens (tertiary/aromatic N) is 1. The summed E-state index contributed by atoms with van der Waals surface area (Å²) in [7, 11) is 0. The first-order valence-electron chi connectivity index (χ1n) is 15.6. The Hall–Kier alpha value is -3.24. The molecule has 3 aromatic carbocycles. The van der Waals surface area contributed by atoms with Crippen LogP contribution in [0.5, 0.6) is 0 Å². The molecule has 0 saturated carbocycles. The number of fused-ring (bicyclic) bond motifs is 3. The second-order valence-corrected chi connectivity index (χ2v) is 12.1. The number of carboxylic acid groups (broad SMARTS) is 1. The third-order valence-corrected chi connectivity index (χ3v) is 9.23. The predicted molar refractivity (Wildman–Crippen MR) is 174 cm³/mol. The van der Waals surface area contributed by atoms with Gasteiger partial charge in [-0.2, -0.15) is 0 Å². The molecule has 1 heterocycles. The van der Waals surface area contributed by atoms with Gasteiger partial charge in [-0.15, -0.1) is 0 Å². The number of carboxylic acids is 1. The summed E-state index contributed by atoms with van der Waals surface area (Å²) >= 11 is 6.28. The lowest BCUT2D eigenvalue weighted by molar-refractivity contribution is -0.142. The quantitative estimate of drug-likeness (QED) is 0.130. The lowest BCUT2D eigenvalue weighted by Gasteiger charge is -2.22. The maximum atomic E-state index is 12.1. The van der Waals surface area contributed by atoms with Crippen molar-refractivity contribution in [2.75, 3.05) is 0 Å². The molecular formula is C37H43NO2S. The van der Waals surface area contributed by atoms with Crippen LogP contribution in [0.3, 0.4) is 0 Å². The molecule has 4 heteroatoms. The van der Waals surface area contributed by atoms with Crippen LogP contribution in [-0.4, -0.2) is 20.6 Å². The summed E-state index contributed by atoms with van der Waals surface area (Å²) in [6.07, 6.45) is 13.5. The van der Waals surface area contributed by atoms with Crippen LogP contribution in [0.4, 0.5) is 0 Å². The van der Waals surface area contributed by atoms with Crippen molar-refractivity contribution in [1.82, 2.24) is 4.57 Å². The number of unbranched alkanes of at least 4 members (excludes halogenated alkanes) is 5. The monoisotopic (exact) mass is 565 g/mol. The zero-order valence-corrected chi connectivity index (χ0v) is 25.2. The zero-order chi connectivity index (χ0) is 28.6. The number of aliphatic carboxylic acids is 1. The molecule has 214 valence electrons. The van der Waals surface area contributed by atoms with Gasteiger partial charge in [-0.05, 0) is 86.1 Å². The highest BCUT2D eigenvalue weighted by atomic mass is 32.1. The van der Waals surface area contributed by atoms with E-state index in [9.17, 15) is 9.90 Å². The van der Waals surface area contributed by atoms with E-state index in [0.717, 1.165) is 48.2 Å². The molecule has 0 saturated heterocycles. The third-order valence-electron chi connectivity index (χ3n) is 8.82. The molecule has 1 aliphatic carbocycles. The van der Waals surface area contributed by atoms with E-state index >= 15 is 0 Å². The summed E-state index contributed by atoms with van der Waals surface area (Å²) in [4.78, 5) is 12.9. The van der Waals surface area contributed by atoms with Gasteiger partial charge in [0, 0.05) is 16.6 Å². The standard InChI is InChI=1S/C37H43NO2S/c1-2-3-4-10-18-28-19-12-13-22-31(28)36(41)38-33-25-24-30(37(39)40)26-32(33)35-29(21-14-23-34(35)38)20-11-6-9-17-27-15-7-5-8-16-27/h5,7-8,12-16,19,21-23,30H,2-4,6,9-11,17-18,20,24-26H2,1H3,(H,39,40). The number of carbonyl (C=O) groups is 1. The SMILES string of the molecule is CCCCCCc1ccccc1C(=S)n1c2c(c3c(CCCCCc4ccccc4)cccc31)CC(C(=O)O)CC2. The van der Waals surface area contributed by atoms with Crippen LogP contribution in [0.2, 0.25) is 0 Å². The molecule has 3 nitrogen and oxygen atoms in total. The summed E-state index contributed by atoms with van der Waals surface area (Å²) < 4.78 is 2.31. The van der Waals surface area contributed by atoms with Crippen molar-refractivity contribution in [3.8, 4) is 0 Å². The van der Waals surface area contributed by atoms with E-state index in [1.165, 1.54) is 71.9 Å².